The summed E-state index contributed by atoms with van der Waals surface area (Å²) in [6.07, 6.45) is 10.9. The van der Waals surface area contributed by atoms with Crippen molar-refractivity contribution in [2.24, 2.45) is 0 Å². The molecular weight excluding hydrogens is 771 g/mol. The SMILES string of the molecule is [C-]#[N+]/C(C)=C\c1cc2sc(-c3ccc(N(c4ccc(OCCCCCCCC)cc4)c4ccc(-c5cc6sc(/C=C(\C#N)OC=O)cc6s5)cc4)cc3)cc2s1. The molecule has 0 spiro atoms. The molecule has 10 heteroatoms. The second-order valence-corrected chi connectivity index (χ2v) is 17.6. The zero-order chi connectivity index (χ0) is 38.9. The fraction of sp³-hybridized carbons (Fsp3) is 0.196. The lowest BCUT2D eigenvalue weighted by Crippen LogP contribution is -2.10. The molecule has 0 saturated carbocycles. The number of hydrogen-bond acceptors (Lipinski definition) is 9. The number of nitrogens with zero attached hydrogens (tertiary/aromatic N) is 3. The first-order chi connectivity index (χ1) is 27.4. The number of unbranched alkanes of at least 4 members (excludes halogenated alkanes) is 5. The van der Waals surface area contributed by atoms with Gasteiger partial charge in [0.05, 0.1) is 13.2 Å². The number of nitriles is 1. The molecule has 0 saturated heterocycles. The third kappa shape index (κ3) is 9.30. The normalized spacial score (nSPS) is 11.8. The Morgan fingerprint density at radius 3 is 1.71 bits per heavy atom. The summed E-state index contributed by atoms with van der Waals surface area (Å²) in [5.74, 6) is 0.853. The Balaban J connectivity index is 1.13. The zero-order valence-corrected chi connectivity index (χ0v) is 34.4. The highest BCUT2D eigenvalue weighted by atomic mass is 32.1. The van der Waals surface area contributed by atoms with Crippen molar-refractivity contribution < 1.29 is 14.3 Å². The Kier molecular flexibility index (Phi) is 12.8. The maximum Gasteiger partial charge on any atom is 0.299 e. The maximum atomic E-state index is 10.7. The van der Waals surface area contributed by atoms with Crippen molar-refractivity contribution in [2.75, 3.05) is 11.5 Å². The monoisotopic (exact) mass is 809 g/mol. The summed E-state index contributed by atoms with van der Waals surface area (Å²) in [7, 11) is 0. The lowest BCUT2D eigenvalue weighted by molar-refractivity contribution is -0.124. The lowest BCUT2D eigenvalue weighted by Gasteiger charge is -2.26. The maximum absolute atomic E-state index is 10.7. The number of benzene rings is 3. The van der Waals surface area contributed by atoms with Crippen molar-refractivity contribution in [1.82, 2.24) is 0 Å². The number of fused-ring (bicyclic) bond motifs is 2. The van der Waals surface area contributed by atoms with Gasteiger partial charge in [0.25, 0.3) is 6.47 Å². The summed E-state index contributed by atoms with van der Waals surface area (Å²) in [6.45, 7) is 12.3. The minimum Gasteiger partial charge on any atom is -0.494 e. The molecule has 56 heavy (non-hydrogen) atoms. The van der Waals surface area contributed by atoms with Crippen LogP contribution in [-0.4, -0.2) is 13.1 Å². The number of thiophene rings is 4. The molecule has 280 valence electrons. The van der Waals surface area contributed by atoms with Crippen molar-refractivity contribution in [3.8, 4) is 32.7 Å². The van der Waals surface area contributed by atoms with Crippen molar-refractivity contribution in [3.63, 3.8) is 0 Å². The smallest absolute Gasteiger partial charge is 0.299 e. The van der Waals surface area contributed by atoms with Gasteiger partial charge in [-0.05, 0) is 103 Å². The average molecular weight is 810 g/mol. The zero-order valence-electron chi connectivity index (χ0n) is 31.1. The van der Waals surface area contributed by atoms with Gasteiger partial charge in [-0.25, -0.2) is 4.85 Å². The van der Waals surface area contributed by atoms with E-state index in [1.54, 1.807) is 51.4 Å². The van der Waals surface area contributed by atoms with E-state index in [9.17, 15) is 10.1 Å². The van der Waals surface area contributed by atoms with Crippen molar-refractivity contribution >= 4 is 99.8 Å². The molecule has 0 aliphatic carbocycles. The van der Waals surface area contributed by atoms with E-state index in [2.05, 4.69) is 108 Å². The van der Waals surface area contributed by atoms with Crippen LogP contribution in [0.3, 0.4) is 0 Å². The second kappa shape index (κ2) is 18.4. The van der Waals surface area contributed by atoms with Crippen LogP contribution in [0.1, 0.15) is 62.1 Å². The Bertz CT molecular complexity index is 2510. The molecule has 0 atom stereocenters. The van der Waals surface area contributed by atoms with E-state index < -0.39 is 0 Å². The van der Waals surface area contributed by atoms with Gasteiger partial charge in [0.1, 0.15) is 11.8 Å². The average Bonchev–Trinajstić information content (AvgIpc) is 3.99. The fourth-order valence-corrected chi connectivity index (χ4v) is 11.2. The van der Waals surface area contributed by atoms with Gasteiger partial charge in [0.2, 0.25) is 5.76 Å². The fourth-order valence-electron chi connectivity index (χ4n) is 6.41. The minimum absolute atomic E-state index is 0.0261. The first-order valence-corrected chi connectivity index (χ1v) is 21.8. The summed E-state index contributed by atoms with van der Waals surface area (Å²) < 4.78 is 15.6. The predicted molar refractivity (Wildman–Crippen MR) is 238 cm³/mol. The van der Waals surface area contributed by atoms with Gasteiger partial charge < -0.3 is 14.4 Å². The van der Waals surface area contributed by atoms with Crippen LogP contribution in [0.4, 0.5) is 17.1 Å². The summed E-state index contributed by atoms with van der Waals surface area (Å²) in [6, 6.07) is 36.3. The Morgan fingerprint density at radius 2 is 1.21 bits per heavy atom. The molecule has 0 radical (unpaired) electrons. The highest BCUT2D eigenvalue weighted by molar-refractivity contribution is 7.30. The molecule has 0 amide bonds. The van der Waals surface area contributed by atoms with E-state index in [0.717, 1.165) is 65.4 Å². The quantitative estimate of drug-likeness (QED) is 0.0301. The van der Waals surface area contributed by atoms with Crippen molar-refractivity contribution in [1.29, 1.82) is 5.26 Å². The van der Waals surface area contributed by atoms with Crippen LogP contribution in [0.5, 0.6) is 5.75 Å². The Hall–Kier alpha value is -5.49. The van der Waals surface area contributed by atoms with Gasteiger partial charge in [0.15, 0.2) is 5.70 Å². The number of allylic oxidation sites excluding steroid dienone is 2. The summed E-state index contributed by atoms with van der Waals surface area (Å²) in [4.78, 5) is 20.9. The second-order valence-electron chi connectivity index (χ2n) is 13.2. The summed E-state index contributed by atoms with van der Waals surface area (Å²) in [5, 5.41) is 9.22. The van der Waals surface area contributed by atoms with Crippen LogP contribution in [0, 0.1) is 17.9 Å². The van der Waals surface area contributed by atoms with Gasteiger partial charge in [0, 0.05) is 61.4 Å². The Morgan fingerprint density at radius 1 is 0.714 bits per heavy atom. The molecule has 4 aromatic heterocycles. The van der Waals surface area contributed by atoms with Crippen LogP contribution in [0.25, 0.3) is 56.7 Å². The van der Waals surface area contributed by atoms with E-state index in [1.807, 2.05) is 25.1 Å². The van der Waals surface area contributed by atoms with Gasteiger partial charge >= 0.3 is 0 Å². The number of ether oxygens (including phenoxy) is 2. The van der Waals surface area contributed by atoms with Crippen LogP contribution in [0.2, 0.25) is 0 Å². The van der Waals surface area contributed by atoms with Gasteiger partial charge in [-0.15, -0.1) is 45.3 Å². The summed E-state index contributed by atoms with van der Waals surface area (Å²) in [5.41, 5.74) is 6.11. The first-order valence-electron chi connectivity index (χ1n) is 18.5. The van der Waals surface area contributed by atoms with E-state index in [4.69, 9.17) is 16.0 Å². The van der Waals surface area contributed by atoms with Crippen LogP contribution in [-0.2, 0) is 9.53 Å². The van der Waals surface area contributed by atoms with Crippen LogP contribution >= 0.6 is 45.3 Å². The molecule has 6 nitrogen and oxygen atoms in total. The molecule has 4 heterocycles. The van der Waals surface area contributed by atoms with Crippen LogP contribution in [0.15, 0.2) is 109 Å². The largest absolute Gasteiger partial charge is 0.494 e. The molecule has 0 N–H and O–H groups in total. The standard InChI is InChI=1S/C46H39N3O3S4/c1-4-5-6-7-8-9-22-51-37-20-18-36(19-21-37)49(34-14-10-32(11-15-34)41-27-45-43(55-41)25-39(53-45)23-31(2)48-3)35-16-12-33(13-17-35)42-28-46-44(56-42)26-40(54-46)24-38(29-47)52-30-50/h10-21,23-28,30H,4-9,22H2,1-2H3/b31-23-,38-24+. The highest BCUT2D eigenvalue weighted by Crippen LogP contribution is 2.43. The van der Waals surface area contributed by atoms with Gasteiger partial charge in [-0.1, -0.05) is 63.3 Å². The summed E-state index contributed by atoms with van der Waals surface area (Å²) >= 11 is 6.75. The van der Waals surface area contributed by atoms with Gasteiger partial charge in [-0.2, -0.15) is 5.26 Å². The molecule has 0 bridgehead atoms. The van der Waals surface area contributed by atoms with E-state index in [-0.39, 0.29) is 12.2 Å². The lowest BCUT2D eigenvalue weighted by atomic mass is 10.1. The molecule has 0 unspecified atom stereocenters. The van der Waals surface area contributed by atoms with E-state index in [1.165, 1.54) is 51.9 Å². The van der Waals surface area contributed by atoms with Crippen molar-refractivity contribution in [3.05, 3.63) is 130 Å². The van der Waals surface area contributed by atoms with E-state index >= 15 is 0 Å². The minimum atomic E-state index is -0.0261. The number of carbonyl (C=O) groups is 1. The molecule has 7 aromatic rings. The number of hydrogen-bond donors (Lipinski definition) is 0. The third-order valence-corrected chi connectivity index (χ3v) is 13.8. The number of anilines is 3. The first kappa shape index (κ1) is 38.8. The van der Waals surface area contributed by atoms with Crippen LogP contribution < -0.4 is 9.64 Å². The molecule has 0 aliphatic rings. The molecule has 7 rings (SSSR count). The molecule has 0 fully saturated rings. The van der Waals surface area contributed by atoms with E-state index in [0.29, 0.717) is 5.70 Å². The third-order valence-electron chi connectivity index (χ3n) is 9.22. The molecule has 3 aromatic carbocycles. The number of rotatable bonds is 17. The van der Waals surface area contributed by atoms with Crippen molar-refractivity contribution in [2.45, 2.75) is 52.4 Å². The van der Waals surface area contributed by atoms with Gasteiger partial charge in [-0.3, -0.25) is 4.79 Å². The topological polar surface area (TPSA) is 66.9 Å². The molecule has 0 aliphatic heterocycles. The molecular formula is C46H39N3O3S4. The predicted octanol–water partition coefficient (Wildman–Crippen LogP) is 15.1. The Labute approximate surface area is 343 Å². The highest BCUT2D eigenvalue weighted by Gasteiger charge is 2.16. The number of carbonyl (C=O) groups excluding carboxylic acids is 1.